The zero-order chi connectivity index (χ0) is 11.9. The van der Waals surface area contributed by atoms with Crippen molar-refractivity contribution in [2.75, 3.05) is 33.2 Å². The van der Waals surface area contributed by atoms with Crippen LogP contribution in [0.4, 0.5) is 0 Å². The molecule has 0 N–H and O–H groups in total. The van der Waals surface area contributed by atoms with Crippen LogP contribution in [0.1, 0.15) is 27.2 Å². The van der Waals surface area contributed by atoms with Gasteiger partial charge in [-0.1, -0.05) is 0 Å². The fourth-order valence-corrected chi connectivity index (χ4v) is 2.95. The van der Waals surface area contributed by atoms with Gasteiger partial charge < -0.3 is 9.80 Å². The molecular weight excluding hydrogens is 218 g/mol. The highest BCUT2D eigenvalue weighted by Crippen LogP contribution is 2.24. The molecule has 0 aromatic carbocycles. The minimum atomic E-state index is 0.289. The number of nitrogens with zero attached hydrogens (tertiary/aromatic N) is 3. The van der Waals surface area contributed by atoms with E-state index in [1.54, 1.807) is 0 Å². The van der Waals surface area contributed by atoms with Crippen LogP contribution in [0.3, 0.4) is 0 Å². The van der Waals surface area contributed by atoms with Crippen molar-refractivity contribution in [2.24, 2.45) is 0 Å². The van der Waals surface area contributed by atoms with Gasteiger partial charge >= 0.3 is 0 Å². The Morgan fingerprint density at radius 1 is 1.19 bits per heavy atom. The van der Waals surface area contributed by atoms with Crippen LogP contribution in [0.15, 0.2) is 0 Å². The molecule has 0 spiro atoms. The number of fused-ring (bicyclic) bond motifs is 1. The molecule has 4 heteroatoms. The first kappa shape index (κ1) is 12.1. The zero-order valence-corrected chi connectivity index (χ0v) is 11.7. The highest BCUT2D eigenvalue weighted by atomic mass is 32.1. The van der Waals surface area contributed by atoms with Crippen molar-refractivity contribution in [1.29, 1.82) is 0 Å². The molecule has 2 aliphatic heterocycles. The number of hydrogen-bond donors (Lipinski definition) is 0. The number of hydrogen-bond acceptors (Lipinski definition) is 2. The van der Waals surface area contributed by atoms with E-state index in [0.29, 0.717) is 6.04 Å². The Bertz CT molecular complexity index is 284. The van der Waals surface area contributed by atoms with Gasteiger partial charge in [-0.05, 0) is 39.4 Å². The van der Waals surface area contributed by atoms with E-state index in [4.69, 9.17) is 12.2 Å². The smallest absolute Gasteiger partial charge is 0.171 e. The topological polar surface area (TPSA) is 9.72 Å². The van der Waals surface area contributed by atoms with Gasteiger partial charge in [-0.15, -0.1) is 0 Å². The number of rotatable bonds is 0. The van der Waals surface area contributed by atoms with Crippen LogP contribution in [-0.4, -0.2) is 64.6 Å². The first-order chi connectivity index (χ1) is 7.39. The van der Waals surface area contributed by atoms with Crippen molar-refractivity contribution < 1.29 is 0 Å². The van der Waals surface area contributed by atoms with Crippen molar-refractivity contribution in [1.82, 2.24) is 14.7 Å². The summed E-state index contributed by atoms with van der Waals surface area (Å²) in [7, 11) is 2.11. The Labute approximate surface area is 104 Å². The molecule has 0 aromatic heterocycles. The first-order valence-electron chi connectivity index (χ1n) is 6.16. The van der Waals surface area contributed by atoms with E-state index in [9.17, 15) is 0 Å². The SMILES string of the molecule is CN1CC[C@H]2CN(C(C)(C)C)CCN2C1=S. The van der Waals surface area contributed by atoms with Crippen LogP contribution in [-0.2, 0) is 0 Å². The van der Waals surface area contributed by atoms with E-state index in [-0.39, 0.29) is 5.54 Å². The minimum absolute atomic E-state index is 0.289. The molecule has 0 radical (unpaired) electrons. The van der Waals surface area contributed by atoms with Gasteiger partial charge in [0.05, 0.1) is 0 Å². The Balaban J connectivity index is 2.05. The van der Waals surface area contributed by atoms with Crippen molar-refractivity contribution in [3.8, 4) is 0 Å². The number of piperazine rings is 1. The molecule has 2 fully saturated rings. The Hall–Kier alpha value is -0.350. The molecule has 2 rings (SSSR count). The zero-order valence-electron chi connectivity index (χ0n) is 10.9. The second-order valence-corrected chi connectivity index (χ2v) is 6.32. The van der Waals surface area contributed by atoms with Gasteiger partial charge in [0.25, 0.3) is 0 Å². The maximum atomic E-state index is 5.49. The molecule has 0 saturated carbocycles. The molecule has 3 nitrogen and oxygen atoms in total. The van der Waals surface area contributed by atoms with Crippen LogP contribution >= 0.6 is 12.2 Å². The molecule has 0 aromatic rings. The highest BCUT2D eigenvalue weighted by molar-refractivity contribution is 7.80. The predicted octanol–water partition coefficient (Wildman–Crippen LogP) is 1.39. The molecule has 0 bridgehead atoms. The van der Waals surface area contributed by atoms with Gasteiger partial charge in [-0.2, -0.15) is 0 Å². The van der Waals surface area contributed by atoms with Gasteiger partial charge in [0, 0.05) is 44.8 Å². The second kappa shape index (κ2) is 4.15. The molecule has 0 unspecified atom stereocenters. The monoisotopic (exact) mass is 241 g/mol. The first-order valence-corrected chi connectivity index (χ1v) is 6.57. The van der Waals surface area contributed by atoms with Crippen LogP contribution in [0.2, 0.25) is 0 Å². The average molecular weight is 241 g/mol. The van der Waals surface area contributed by atoms with E-state index in [1.807, 2.05) is 0 Å². The second-order valence-electron chi connectivity index (χ2n) is 5.96. The Morgan fingerprint density at radius 3 is 2.50 bits per heavy atom. The summed E-state index contributed by atoms with van der Waals surface area (Å²) in [6.07, 6.45) is 1.24. The summed E-state index contributed by atoms with van der Waals surface area (Å²) < 4.78 is 0. The lowest BCUT2D eigenvalue weighted by molar-refractivity contribution is 0.0363. The summed E-state index contributed by atoms with van der Waals surface area (Å²) in [6, 6.07) is 0.636. The Kier molecular flexibility index (Phi) is 3.14. The third-order valence-corrected chi connectivity index (χ3v) is 4.35. The Morgan fingerprint density at radius 2 is 1.88 bits per heavy atom. The molecular formula is C12H23N3S. The fraction of sp³-hybridized carbons (Fsp3) is 0.917. The van der Waals surface area contributed by atoms with Crippen LogP contribution in [0.25, 0.3) is 0 Å². The molecule has 0 amide bonds. The molecule has 16 heavy (non-hydrogen) atoms. The van der Waals surface area contributed by atoms with Gasteiger partial charge in [0.15, 0.2) is 5.11 Å². The molecule has 2 saturated heterocycles. The van der Waals surface area contributed by atoms with Gasteiger partial charge in [0.2, 0.25) is 0 Å². The van der Waals surface area contributed by atoms with Crippen molar-refractivity contribution in [3.63, 3.8) is 0 Å². The van der Waals surface area contributed by atoms with E-state index >= 15 is 0 Å². The van der Waals surface area contributed by atoms with E-state index in [1.165, 1.54) is 6.42 Å². The lowest BCUT2D eigenvalue weighted by atomic mass is 9.99. The van der Waals surface area contributed by atoms with Crippen molar-refractivity contribution in [2.45, 2.75) is 38.8 Å². The molecule has 0 aliphatic carbocycles. The average Bonchev–Trinajstić information content (AvgIpc) is 2.22. The highest BCUT2D eigenvalue weighted by Gasteiger charge is 2.36. The summed E-state index contributed by atoms with van der Waals surface area (Å²) in [5, 5.41) is 1.05. The van der Waals surface area contributed by atoms with Gasteiger partial charge in [-0.25, -0.2) is 0 Å². The maximum Gasteiger partial charge on any atom is 0.171 e. The lowest BCUT2D eigenvalue weighted by Crippen LogP contribution is -2.64. The minimum Gasteiger partial charge on any atom is -0.352 e. The summed E-state index contributed by atoms with van der Waals surface area (Å²) in [6.45, 7) is 11.4. The summed E-state index contributed by atoms with van der Waals surface area (Å²) in [4.78, 5) is 7.21. The molecule has 1 atom stereocenters. The summed E-state index contributed by atoms with van der Waals surface area (Å²) in [5.74, 6) is 0. The van der Waals surface area contributed by atoms with Crippen molar-refractivity contribution in [3.05, 3.63) is 0 Å². The summed E-state index contributed by atoms with van der Waals surface area (Å²) >= 11 is 5.49. The van der Waals surface area contributed by atoms with Crippen LogP contribution < -0.4 is 0 Å². The van der Waals surface area contributed by atoms with Crippen molar-refractivity contribution >= 4 is 17.3 Å². The van der Waals surface area contributed by atoms with E-state index < -0.39 is 0 Å². The van der Waals surface area contributed by atoms with Crippen LogP contribution in [0.5, 0.6) is 0 Å². The standard InChI is InChI=1S/C12H23N3S/c1-12(2,3)14-7-8-15-10(9-14)5-6-13(4)11(15)16/h10H,5-9H2,1-4H3/t10-/m0/s1. The van der Waals surface area contributed by atoms with Crippen LogP contribution in [0, 0.1) is 0 Å². The number of thiocarbonyl (C=S) groups is 1. The fourth-order valence-electron chi connectivity index (χ4n) is 2.62. The summed E-state index contributed by atoms with van der Waals surface area (Å²) in [5.41, 5.74) is 0.289. The molecule has 2 heterocycles. The maximum absolute atomic E-state index is 5.49. The third-order valence-electron chi connectivity index (χ3n) is 3.80. The van der Waals surface area contributed by atoms with Gasteiger partial charge in [-0.3, -0.25) is 4.90 Å². The largest absolute Gasteiger partial charge is 0.352 e. The van der Waals surface area contributed by atoms with Gasteiger partial charge in [0.1, 0.15) is 0 Å². The molecule has 92 valence electrons. The van der Waals surface area contributed by atoms with E-state index in [2.05, 4.69) is 42.5 Å². The molecule has 2 aliphatic rings. The van der Waals surface area contributed by atoms with E-state index in [0.717, 1.165) is 31.3 Å². The quantitative estimate of drug-likeness (QED) is 0.593. The normalized spacial score (nSPS) is 28.2. The lowest BCUT2D eigenvalue weighted by Gasteiger charge is -2.51. The predicted molar refractivity (Wildman–Crippen MR) is 71.7 cm³/mol. The third kappa shape index (κ3) is 2.18.